The van der Waals surface area contributed by atoms with Gasteiger partial charge in [-0.25, -0.2) is 0 Å². The summed E-state index contributed by atoms with van der Waals surface area (Å²) in [7, 11) is 1.78. The minimum absolute atomic E-state index is 0.204. The maximum absolute atomic E-state index is 13.9. The van der Waals surface area contributed by atoms with E-state index in [1.165, 1.54) is 12.1 Å². The van der Waals surface area contributed by atoms with Crippen molar-refractivity contribution in [2.45, 2.75) is 37.2 Å². The highest BCUT2D eigenvalue weighted by Gasteiger charge is 2.49. The van der Waals surface area contributed by atoms with E-state index in [2.05, 4.69) is 10.6 Å². The minimum atomic E-state index is -4.59. The molecule has 7 rings (SSSR count). The third kappa shape index (κ3) is 6.68. The molecule has 0 spiro atoms. The van der Waals surface area contributed by atoms with E-state index in [1.807, 2.05) is 28.8 Å². The van der Waals surface area contributed by atoms with Crippen LogP contribution in [0.25, 0.3) is 33.3 Å². The third-order valence-electron chi connectivity index (χ3n) is 9.93. The summed E-state index contributed by atoms with van der Waals surface area (Å²) in [5.74, 6) is -1.18. The number of anilines is 1. The van der Waals surface area contributed by atoms with Crippen molar-refractivity contribution in [2.75, 3.05) is 11.9 Å². The number of alkyl halides is 6. The molecule has 13 heteroatoms. The molecule has 1 heterocycles. The Kier molecular flexibility index (Phi) is 9.46. The largest absolute Gasteiger partial charge is 0.416 e. The van der Waals surface area contributed by atoms with Crippen molar-refractivity contribution in [3.63, 3.8) is 0 Å². The van der Waals surface area contributed by atoms with E-state index < -0.39 is 41.7 Å². The minimum Gasteiger partial charge on any atom is -0.346 e. The number of aryl methyl sites for hydroxylation is 2. The number of halogens is 6. The highest BCUT2D eigenvalue weighted by molar-refractivity contribution is 7.71. The zero-order valence-corrected chi connectivity index (χ0v) is 29.5. The Hall–Kier alpha value is -5.69. The van der Waals surface area contributed by atoms with Gasteiger partial charge in [-0.2, -0.15) is 26.3 Å². The molecule has 6 aromatic rings. The molecule has 0 saturated carbocycles. The number of hydrogen-bond acceptors (Lipinski definition) is 3. The molecule has 2 amide bonds. The molecular weight excluding hydrogens is 727 g/mol. The first-order valence-corrected chi connectivity index (χ1v) is 17.4. The summed E-state index contributed by atoms with van der Waals surface area (Å²) in [4.78, 5) is 27.5. The Bertz CT molecular complexity index is 2420. The summed E-state index contributed by atoms with van der Waals surface area (Å²) < 4.78 is 83.5. The van der Waals surface area contributed by atoms with Crippen LogP contribution in [-0.2, 0) is 30.0 Å². The molecule has 276 valence electrons. The van der Waals surface area contributed by atoms with E-state index in [9.17, 15) is 35.9 Å². The third-order valence-corrected chi connectivity index (χ3v) is 10.4. The van der Waals surface area contributed by atoms with Crippen LogP contribution in [0.15, 0.2) is 115 Å². The van der Waals surface area contributed by atoms with Gasteiger partial charge >= 0.3 is 12.4 Å². The summed E-state index contributed by atoms with van der Waals surface area (Å²) in [6.45, 7) is -1.10. The lowest BCUT2D eigenvalue weighted by Crippen LogP contribution is -2.47. The summed E-state index contributed by atoms with van der Waals surface area (Å²) in [6.07, 6.45) is -8.48. The first kappa shape index (κ1) is 36.7. The molecule has 0 fully saturated rings. The average molecular weight is 759 g/mol. The quantitative estimate of drug-likeness (QED) is 0.114. The Morgan fingerprint density at radius 1 is 0.741 bits per heavy atom. The molecule has 5 aromatic carbocycles. The van der Waals surface area contributed by atoms with Gasteiger partial charge < -0.3 is 19.8 Å². The number of hydrogen-bond donors (Lipinski definition) is 2. The van der Waals surface area contributed by atoms with Gasteiger partial charge in [-0.3, -0.25) is 9.59 Å². The first-order chi connectivity index (χ1) is 25.7. The van der Waals surface area contributed by atoms with E-state index in [1.54, 1.807) is 78.3 Å². The zero-order chi connectivity index (χ0) is 38.4. The van der Waals surface area contributed by atoms with Gasteiger partial charge in [0.15, 0.2) is 4.77 Å². The number of fused-ring (bicyclic) bond motifs is 4. The lowest BCUT2D eigenvalue weighted by molar-refractivity contribution is -0.141. The Morgan fingerprint density at radius 3 is 1.94 bits per heavy atom. The van der Waals surface area contributed by atoms with Gasteiger partial charge in [0, 0.05) is 24.8 Å². The number of carbonyl (C=O) groups is 2. The highest BCUT2D eigenvalue weighted by atomic mass is 32.1. The molecule has 2 N–H and O–H groups in total. The molecular formula is C41H32F6N4O2S. The molecule has 0 bridgehead atoms. The van der Waals surface area contributed by atoms with Gasteiger partial charge in [-0.15, -0.1) is 0 Å². The van der Waals surface area contributed by atoms with Gasteiger partial charge in [0.2, 0.25) is 5.91 Å². The second-order valence-electron chi connectivity index (χ2n) is 13.2. The highest BCUT2D eigenvalue weighted by Crippen LogP contribution is 2.51. The van der Waals surface area contributed by atoms with Crippen molar-refractivity contribution < 1.29 is 35.9 Å². The number of benzene rings is 5. The van der Waals surface area contributed by atoms with Crippen LogP contribution in [0.5, 0.6) is 0 Å². The predicted molar refractivity (Wildman–Crippen MR) is 198 cm³/mol. The van der Waals surface area contributed by atoms with Crippen LogP contribution in [0.1, 0.15) is 39.9 Å². The summed E-state index contributed by atoms with van der Waals surface area (Å²) in [6, 6.07) is 31.1. The van der Waals surface area contributed by atoms with Crippen molar-refractivity contribution in [1.29, 1.82) is 0 Å². The molecule has 6 nitrogen and oxygen atoms in total. The second kappa shape index (κ2) is 13.9. The topological polar surface area (TPSA) is 68.1 Å². The van der Waals surface area contributed by atoms with Gasteiger partial charge in [-0.1, -0.05) is 78.9 Å². The maximum atomic E-state index is 13.9. The fourth-order valence-electron chi connectivity index (χ4n) is 7.46. The molecule has 1 aromatic heterocycles. The van der Waals surface area contributed by atoms with E-state index >= 15 is 0 Å². The molecule has 1 aliphatic rings. The Labute approximate surface area is 311 Å². The molecule has 0 saturated heterocycles. The smallest absolute Gasteiger partial charge is 0.346 e. The van der Waals surface area contributed by atoms with Crippen LogP contribution < -0.4 is 10.6 Å². The number of aromatic nitrogens is 2. The molecule has 0 atom stereocenters. The summed E-state index contributed by atoms with van der Waals surface area (Å²) in [5.41, 5.74) is 3.82. The Morgan fingerprint density at radius 2 is 1.33 bits per heavy atom. The molecule has 0 radical (unpaired) electrons. The SMILES string of the molecule is Cn1c(=S)n(CCCC2(C(=O)NCC(F)(F)F)c3ccccc3-c3ccccc32)c2ccc(NC(=O)c3ccccc3-c3ccc(C(F)(F)F)cc3)cc21. The standard InChI is InChI=1S/C41H32F6N4O2S/c1-50-35-23-27(49-36(52)31-12-3-2-9-28(31)25-15-17-26(18-16-25)41(45,46)47)19-20-34(35)51(38(50)54)22-8-21-39(37(53)48-24-40(42,43)44)32-13-6-4-10-29(32)30-11-5-7-14-33(30)39/h2-7,9-20,23H,8,21-22,24H2,1H3,(H,48,53)(H,49,52). The van der Waals surface area contributed by atoms with Crippen LogP contribution in [0.4, 0.5) is 32.0 Å². The van der Waals surface area contributed by atoms with E-state index in [0.717, 1.165) is 28.8 Å². The van der Waals surface area contributed by atoms with E-state index in [-0.39, 0.29) is 12.0 Å². The Balaban J connectivity index is 1.15. The van der Waals surface area contributed by atoms with Crippen LogP contribution in [0, 0.1) is 4.77 Å². The van der Waals surface area contributed by atoms with Crippen LogP contribution in [-0.4, -0.2) is 33.7 Å². The number of imidazole rings is 1. The fourth-order valence-corrected chi connectivity index (χ4v) is 7.75. The predicted octanol–water partition coefficient (Wildman–Crippen LogP) is 10.1. The van der Waals surface area contributed by atoms with Crippen LogP contribution in [0.3, 0.4) is 0 Å². The van der Waals surface area contributed by atoms with Crippen LogP contribution in [0.2, 0.25) is 0 Å². The average Bonchev–Trinajstić information content (AvgIpc) is 3.57. The number of amides is 2. The van der Waals surface area contributed by atoms with Crippen molar-refractivity contribution >= 4 is 40.8 Å². The lowest BCUT2D eigenvalue weighted by Gasteiger charge is -2.31. The monoisotopic (exact) mass is 758 g/mol. The fraction of sp³-hybridized carbons (Fsp3) is 0.195. The van der Waals surface area contributed by atoms with Crippen LogP contribution >= 0.6 is 12.2 Å². The van der Waals surface area contributed by atoms with Crippen molar-refractivity contribution in [3.05, 3.63) is 142 Å². The van der Waals surface area contributed by atoms with E-state index in [4.69, 9.17) is 12.2 Å². The maximum Gasteiger partial charge on any atom is 0.416 e. The molecule has 1 aliphatic carbocycles. The molecule has 54 heavy (non-hydrogen) atoms. The lowest BCUT2D eigenvalue weighted by atomic mass is 9.73. The summed E-state index contributed by atoms with van der Waals surface area (Å²) in [5, 5.41) is 5.05. The van der Waals surface area contributed by atoms with Gasteiger partial charge in [-0.05, 0) is 94.8 Å². The number of nitrogens with one attached hydrogen (secondary N) is 2. The van der Waals surface area contributed by atoms with Crippen molar-refractivity contribution in [3.8, 4) is 22.3 Å². The molecule has 0 unspecified atom stereocenters. The van der Waals surface area contributed by atoms with Gasteiger partial charge in [0.1, 0.15) is 12.0 Å². The van der Waals surface area contributed by atoms with Crippen molar-refractivity contribution in [1.82, 2.24) is 14.5 Å². The molecule has 0 aliphatic heterocycles. The number of nitrogens with zero attached hydrogens (tertiary/aromatic N) is 2. The van der Waals surface area contributed by atoms with Gasteiger partial charge in [0.25, 0.3) is 5.91 Å². The summed E-state index contributed by atoms with van der Waals surface area (Å²) >= 11 is 5.81. The van der Waals surface area contributed by atoms with Crippen molar-refractivity contribution in [2.24, 2.45) is 7.05 Å². The normalized spacial score (nSPS) is 13.4. The van der Waals surface area contributed by atoms with E-state index in [0.29, 0.717) is 51.2 Å². The number of carbonyl (C=O) groups excluding carboxylic acids is 2. The first-order valence-electron chi connectivity index (χ1n) is 17.0. The second-order valence-corrected chi connectivity index (χ2v) is 13.5. The zero-order valence-electron chi connectivity index (χ0n) is 28.7. The van der Waals surface area contributed by atoms with Gasteiger partial charge in [0.05, 0.1) is 16.6 Å². The number of rotatable bonds is 9.